The van der Waals surface area contributed by atoms with E-state index in [-0.39, 0.29) is 17.7 Å². The molecule has 0 aliphatic carbocycles. The lowest BCUT2D eigenvalue weighted by Crippen LogP contribution is -2.45. The van der Waals surface area contributed by atoms with E-state index < -0.39 is 0 Å². The Bertz CT molecular complexity index is 459. The molecule has 1 unspecified atom stereocenters. The first-order valence-electron chi connectivity index (χ1n) is 7.20. The van der Waals surface area contributed by atoms with Crippen LogP contribution in [-0.4, -0.2) is 67.1 Å². The fourth-order valence-corrected chi connectivity index (χ4v) is 3.20. The number of pyridine rings is 1. The number of aromatic nitrogens is 1. The van der Waals surface area contributed by atoms with E-state index in [1.165, 1.54) is 5.56 Å². The molecule has 108 valence electrons. The molecule has 0 aromatic carbocycles. The van der Waals surface area contributed by atoms with Gasteiger partial charge in [-0.1, -0.05) is 6.07 Å². The maximum Gasteiger partial charge on any atom is 0.227 e. The molecule has 0 bridgehead atoms. The Morgan fingerprint density at radius 1 is 1.35 bits per heavy atom. The number of carbonyl (C=O) groups is 1. The van der Waals surface area contributed by atoms with Gasteiger partial charge in [-0.2, -0.15) is 0 Å². The summed E-state index contributed by atoms with van der Waals surface area (Å²) in [7, 11) is 2.08. The van der Waals surface area contributed by atoms with Crippen molar-refractivity contribution in [3.8, 4) is 0 Å². The Morgan fingerprint density at radius 3 is 2.85 bits per heavy atom. The second-order valence-corrected chi connectivity index (χ2v) is 5.66. The summed E-state index contributed by atoms with van der Waals surface area (Å²) in [5, 5.41) is 0. The largest absolute Gasteiger partial charge is 0.378 e. The molecule has 2 saturated heterocycles. The molecule has 1 aromatic heterocycles. The molecule has 2 aliphatic rings. The van der Waals surface area contributed by atoms with Gasteiger partial charge in [-0.05, 0) is 18.7 Å². The van der Waals surface area contributed by atoms with Crippen molar-refractivity contribution in [1.29, 1.82) is 0 Å². The van der Waals surface area contributed by atoms with Crippen LogP contribution in [0.4, 0.5) is 0 Å². The zero-order valence-corrected chi connectivity index (χ0v) is 11.9. The van der Waals surface area contributed by atoms with Crippen molar-refractivity contribution in [2.45, 2.75) is 5.92 Å². The second kappa shape index (κ2) is 5.89. The number of nitrogens with zero attached hydrogens (tertiary/aromatic N) is 3. The summed E-state index contributed by atoms with van der Waals surface area (Å²) < 4.78 is 5.33. The number of likely N-dealkylation sites (N-methyl/N-ethyl adjacent to an activating group) is 1. The number of likely N-dealkylation sites (tertiary alicyclic amines) is 1. The van der Waals surface area contributed by atoms with E-state index in [2.05, 4.69) is 23.0 Å². The van der Waals surface area contributed by atoms with E-state index in [9.17, 15) is 4.79 Å². The van der Waals surface area contributed by atoms with Crippen LogP contribution in [0.5, 0.6) is 0 Å². The number of morpholine rings is 1. The lowest BCUT2D eigenvalue weighted by molar-refractivity contribution is -0.139. The van der Waals surface area contributed by atoms with Crippen LogP contribution in [-0.2, 0) is 9.53 Å². The Hall–Kier alpha value is -1.46. The molecule has 1 aromatic rings. The lowest BCUT2D eigenvalue weighted by atomic mass is 9.89. The van der Waals surface area contributed by atoms with Crippen LogP contribution < -0.4 is 0 Å². The van der Waals surface area contributed by atoms with Gasteiger partial charge in [0.05, 0.1) is 19.1 Å². The molecule has 5 heteroatoms. The van der Waals surface area contributed by atoms with Crippen LogP contribution in [0.1, 0.15) is 11.5 Å². The van der Waals surface area contributed by atoms with Crippen molar-refractivity contribution >= 4 is 5.91 Å². The average molecular weight is 275 g/mol. The minimum absolute atomic E-state index is 0.0438. The molecule has 0 radical (unpaired) electrons. The number of ether oxygens (including phenoxy) is 1. The Balaban J connectivity index is 1.77. The van der Waals surface area contributed by atoms with Gasteiger partial charge in [-0.25, -0.2) is 0 Å². The molecule has 2 aliphatic heterocycles. The molecule has 3 heterocycles. The maximum absolute atomic E-state index is 12.8. The number of rotatable bonds is 2. The van der Waals surface area contributed by atoms with E-state index in [1.54, 1.807) is 6.20 Å². The summed E-state index contributed by atoms with van der Waals surface area (Å²) in [6.45, 7) is 4.51. The zero-order valence-electron chi connectivity index (χ0n) is 11.9. The molecule has 2 atom stereocenters. The molecule has 5 nitrogen and oxygen atoms in total. The van der Waals surface area contributed by atoms with Crippen LogP contribution in [0.15, 0.2) is 24.5 Å². The minimum Gasteiger partial charge on any atom is -0.378 e. The maximum atomic E-state index is 12.8. The first kappa shape index (κ1) is 13.5. The third kappa shape index (κ3) is 2.69. The molecule has 2 fully saturated rings. The standard InChI is InChI=1S/C15H21N3O2/c1-17-10-13(12-3-2-4-16-9-12)14(11-17)15(19)18-5-7-20-8-6-18/h2-4,9,13-14H,5-8,10-11H2,1H3/t13-,14?/m1/s1. The molecule has 0 saturated carbocycles. The van der Waals surface area contributed by atoms with E-state index >= 15 is 0 Å². The molecule has 3 rings (SSSR count). The predicted molar refractivity (Wildman–Crippen MR) is 75.4 cm³/mol. The predicted octanol–water partition coefficient (Wildman–Crippen LogP) is 0.586. The van der Waals surface area contributed by atoms with Crippen molar-refractivity contribution in [2.24, 2.45) is 5.92 Å². The van der Waals surface area contributed by atoms with Crippen molar-refractivity contribution in [3.63, 3.8) is 0 Å². The van der Waals surface area contributed by atoms with Crippen LogP contribution >= 0.6 is 0 Å². The second-order valence-electron chi connectivity index (χ2n) is 5.66. The zero-order chi connectivity index (χ0) is 13.9. The molecule has 1 amide bonds. The van der Waals surface area contributed by atoms with E-state index in [1.807, 2.05) is 17.2 Å². The van der Waals surface area contributed by atoms with E-state index in [0.29, 0.717) is 13.2 Å². The fraction of sp³-hybridized carbons (Fsp3) is 0.600. The Morgan fingerprint density at radius 2 is 2.15 bits per heavy atom. The Labute approximate surface area is 119 Å². The first-order chi connectivity index (χ1) is 9.75. The summed E-state index contributed by atoms with van der Waals surface area (Å²) in [5.74, 6) is 0.567. The topological polar surface area (TPSA) is 45.7 Å². The highest BCUT2D eigenvalue weighted by atomic mass is 16.5. The summed E-state index contributed by atoms with van der Waals surface area (Å²) >= 11 is 0. The molecular weight excluding hydrogens is 254 g/mol. The summed E-state index contributed by atoms with van der Waals surface area (Å²) in [4.78, 5) is 21.1. The van der Waals surface area contributed by atoms with Crippen molar-refractivity contribution < 1.29 is 9.53 Å². The average Bonchev–Trinajstić information content (AvgIpc) is 2.90. The number of carbonyl (C=O) groups excluding carboxylic acids is 1. The van der Waals surface area contributed by atoms with Gasteiger partial charge < -0.3 is 14.5 Å². The smallest absolute Gasteiger partial charge is 0.227 e. The number of amides is 1. The molecular formula is C15H21N3O2. The van der Waals surface area contributed by atoms with E-state index in [4.69, 9.17) is 4.74 Å². The molecule has 0 N–H and O–H groups in total. The fourth-order valence-electron chi connectivity index (χ4n) is 3.20. The first-order valence-corrected chi connectivity index (χ1v) is 7.20. The molecule has 0 spiro atoms. The molecule has 20 heavy (non-hydrogen) atoms. The van der Waals surface area contributed by atoms with Gasteiger partial charge in [0.1, 0.15) is 0 Å². The normalized spacial score (nSPS) is 27.8. The van der Waals surface area contributed by atoms with Crippen LogP contribution in [0.25, 0.3) is 0 Å². The van der Waals surface area contributed by atoms with Gasteiger partial charge in [0.15, 0.2) is 0 Å². The van der Waals surface area contributed by atoms with Crippen molar-refractivity contribution in [1.82, 2.24) is 14.8 Å². The van der Waals surface area contributed by atoms with Gasteiger partial charge in [-0.3, -0.25) is 9.78 Å². The van der Waals surface area contributed by atoms with Gasteiger partial charge in [-0.15, -0.1) is 0 Å². The van der Waals surface area contributed by atoms with Gasteiger partial charge in [0.25, 0.3) is 0 Å². The highest BCUT2D eigenvalue weighted by Gasteiger charge is 2.39. The van der Waals surface area contributed by atoms with Crippen molar-refractivity contribution in [3.05, 3.63) is 30.1 Å². The summed E-state index contributed by atoms with van der Waals surface area (Å²) in [6, 6.07) is 4.03. The lowest BCUT2D eigenvalue weighted by Gasteiger charge is -2.30. The van der Waals surface area contributed by atoms with Gasteiger partial charge in [0.2, 0.25) is 5.91 Å². The van der Waals surface area contributed by atoms with Gasteiger partial charge >= 0.3 is 0 Å². The monoisotopic (exact) mass is 275 g/mol. The van der Waals surface area contributed by atoms with Crippen LogP contribution in [0, 0.1) is 5.92 Å². The van der Waals surface area contributed by atoms with E-state index in [0.717, 1.165) is 26.2 Å². The van der Waals surface area contributed by atoms with Crippen LogP contribution in [0.3, 0.4) is 0 Å². The number of hydrogen-bond acceptors (Lipinski definition) is 4. The third-order valence-corrected chi connectivity index (χ3v) is 4.25. The minimum atomic E-state index is 0.0438. The quantitative estimate of drug-likeness (QED) is 0.792. The van der Waals surface area contributed by atoms with Crippen LogP contribution in [0.2, 0.25) is 0 Å². The SMILES string of the molecule is CN1CC(C(=O)N2CCOCC2)[C@@H](c2cccnc2)C1. The summed E-state index contributed by atoms with van der Waals surface area (Å²) in [5.41, 5.74) is 1.17. The van der Waals surface area contributed by atoms with Crippen molar-refractivity contribution in [2.75, 3.05) is 46.4 Å². The third-order valence-electron chi connectivity index (χ3n) is 4.25. The van der Waals surface area contributed by atoms with Gasteiger partial charge in [0, 0.05) is 44.5 Å². The highest BCUT2D eigenvalue weighted by molar-refractivity contribution is 5.80. The summed E-state index contributed by atoms with van der Waals surface area (Å²) in [6.07, 6.45) is 3.67. The highest BCUT2D eigenvalue weighted by Crippen LogP contribution is 2.32. The number of hydrogen-bond donors (Lipinski definition) is 0. The Kier molecular flexibility index (Phi) is 3.98.